The van der Waals surface area contributed by atoms with Gasteiger partial charge in [-0.2, -0.15) is 17.0 Å². The van der Waals surface area contributed by atoms with Crippen LogP contribution < -0.4 is 0 Å². The Morgan fingerprint density at radius 3 is 2.42 bits per heavy atom. The minimum absolute atomic E-state index is 0.0162. The molecule has 0 amide bonds. The summed E-state index contributed by atoms with van der Waals surface area (Å²) >= 11 is 0. The van der Waals surface area contributed by atoms with Gasteiger partial charge in [-0.15, -0.1) is 0 Å². The number of nitrogens with zero attached hydrogens (tertiary/aromatic N) is 3. The lowest BCUT2D eigenvalue weighted by molar-refractivity contribution is 0.122. The van der Waals surface area contributed by atoms with Crippen molar-refractivity contribution >= 4 is 10.2 Å². The molecule has 1 aromatic rings. The van der Waals surface area contributed by atoms with E-state index in [1.807, 2.05) is 4.90 Å². The second kappa shape index (κ2) is 6.67. The molecule has 3 aliphatic heterocycles. The SMILES string of the molecule is CN(C)S(=O)(=O)N1C[C@H]2CC[C@@H](C1)N(Cc1c(F)cccc1F)C2. The standard InChI is InChI=1S/C16H23F2N3O2S/c1-19(2)24(22,23)21-9-12-6-7-13(10-21)20(8-12)11-14-15(17)4-3-5-16(14)18/h3-5,12-13H,6-11H2,1-2H3/t12-,13-/m0/s1. The van der Waals surface area contributed by atoms with E-state index in [1.54, 1.807) is 0 Å². The first-order valence-corrected chi connectivity index (χ1v) is 9.53. The van der Waals surface area contributed by atoms with Gasteiger partial charge in [-0.1, -0.05) is 6.07 Å². The van der Waals surface area contributed by atoms with Gasteiger partial charge in [0.05, 0.1) is 0 Å². The molecule has 2 bridgehead atoms. The minimum Gasteiger partial charge on any atom is -0.294 e. The third kappa shape index (κ3) is 3.33. The zero-order valence-corrected chi connectivity index (χ0v) is 14.8. The average molecular weight is 359 g/mol. The third-order valence-electron chi connectivity index (χ3n) is 5.00. The number of hydrogen-bond acceptors (Lipinski definition) is 3. The van der Waals surface area contributed by atoms with Gasteiger partial charge in [0.2, 0.25) is 0 Å². The Morgan fingerprint density at radius 2 is 1.79 bits per heavy atom. The summed E-state index contributed by atoms with van der Waals surface area (Å²) in [6.45, 7) is 1.67. The number of piperidine rings is 1. The van der Waals surface area contributed by atoms with Gasteiger partial charge in [-0.05, 0) is 30.9 Å². The highest BCUT2D eigenvalue weighted by atomic mass is 32.2. The van der Waals surface area contributed by atoms with Crippen molar-refractivity contribution in [2.75, 3.05) is 33.7 Å². The van der Waals surface area contributed by atoms with Crippen molar-refractivity contribution < 1.29 is 17.2 Å². The van der Waals surface area contributed by atoms with E-state index in [4.69, 9.17) is 0 Å². The summed E-state index contributed by atoms with van der Waals surface area (Å²) in [6, 6.07) is 3.86. The minimum atomic E-state index is -3.47. The van der Waals surface area contributed by atoms with E-state index in [0.29, 0.717) is 19.6 Å². The summed E-state index contributed by atoms with van der Waals surface area (Å²) in [6.07, 6.45) is 1.79. The smallest absolute Gasteiger partial charge is 0.281 e. The topological polar surface area (TPSA) is 43.9 Å². The molecule has 3 heterocycles. The molecule has 134 valence electrons. The van der Waals surface area contributed by atoms with E-state index in [0.717, 1.165) is 12.8 Å². The van der Waals surface area contributed by atoms with Crippen LogP contribution in [0.25, 0.3) is 0 Å². The molecule has 3 fully saturated rings. The van der Waals surface area contributed by atoms with E-state index in [9.17, 15) is 17.2 Å². The monoisotopic (exact) mass is 359 g/mol. The normalized spacial score (nSPS) is 26.0. The van der Waals surface area contributed by atoms with Gasteiger partial charge in [0.1, 0.15) is 11.6 Å². The first kappa shape index (κ1) is 17.7. The van der Waals surface area contributed by atoms with E-state index < -0.39 is 21.8 Å². The van der Waals surface area contributed by atoms with Crippen LogP contribution in [-0.4, -0.2) is 61.7 Å². The van der Waals surface area contributed by atoms with E-state index in [1.165, 1.54) is 40.9 Å². The number of halogens is 2. The highest BCUT2D eigenvalue weighted by Crippen LogP contribution is 2.31. The van der Waals surface area contributed by atoms with Crippen molar-refractivity contribution in [3.63, 3.8) is 0 Å². The van der Waals surface area contributed by atoms with Crippen molar-refractivity contribution in [1.29, 1.82) is 0 Å². The van der Waals surface area contributed by atoms with Crippen LogP contribution in [0.5, 0.6) is 0 Å². The molecule has 5 nitrogen and oxygen atoms in total. The molecule has 0 saturated carbocycles. The van der Waals surface area contributed by atoms with Crippen molar-refractivity contribution in [3.05, 3.63) is 35.4 Å². The zero-order chi connectivity index (χ0) is 17.5. The third-order valence-corrected chi connectivity index (χ3v) is 6.88. The first-order chi connectivity index (χ1) is 11.3. The van der Waals surface area contributed by atoms with Gasteiger partial charge < -0.3 is 0 Å². The summed E-state index contributed by atoms with van der Waals surface area (Å²) < 4.78 is 55.5. The summed E-state index contributed by atoms with van der Waals surface area (Å²) in [7, 11) is -0.425. The lowest BCUT2D eigenvalue weighted by Crippen LogP contribution is -2.46. The van der Waals surface area contributed by atoms with Crippen molar-refractivity contribution in [2.45, 2.75) is 25.4 Å². The molecule has 0 aromatic heterocycles. The largest absolute Gasteiger partial charge is 0.294 e. The lowest BCUT2D eigenvalue weighted by Gasteiger charge is -2.36. The molecule has 1 aromatic carbocycles. The van der Waals surface area contributed by atoms with E-state index in [-0.39, 0.29) is 24.1 Å². The summed E-state index contributed by atoms with van der Waals surface area (Å²) in [5.74, 6) is -0.908. The molecule has 0 N–H and O–H groups in total. The Kier molecular flexibility index (Phi) is 4.92. The molecular weight excluding hydrogens is 336 g/mol. The van der Waals surface area contributed by atoms with Crippen LogP contribution in [0.3, 0.4) is 0 Å². The zero-order valence-electron chi connectivity index (χ0n) is 14.0. The van der Waals surface area contributed by atoms with Crippen LogP contribution in [0, 0.1) is 17.6 Å². The molecule has 0 spiro atoms. The van der Waals surface area contributed by atoms with Crippen LogP contribution in [0.2, 0.25) is 0 Å². The fourth-order valence-electron chi connectivity index (χ4n) is 3.64. The van der Waals surface area contributed by atoms with Gasteiger partial charge >= 0.3 is 0 Å². The van der Waals surface area contributed by atoms with Crippen molar-refractivity contribution in [3.8, 4) is 0 Å². The van der Waals surface area contributed by atoms with E-state index >= 15 is 0 Å². The van der Waals surface area contributed by atoms with Gasteiger partial charge in [0.15, 0.2) is 0 Å². The summed E-state index contributed by atoms with van der Waals surface area (Å²) in [4.78, 5) is 2.03. The Balaban J connectivity index is 1.82. The Labute approximate surface area is 142 Å². The number of rotatable bonds is 4. The number of fused-ring (bicyclic) bond motifs is 4. The fourth-order valence-corrected chi connectivity index (χ4v) is 4.86. The fraction of sp³-hybridized carbons (Fsp3) is 0.625. The second-order valence-electron chi connectivity index (χ2n) is 6.83. The highest BCUT2D eigenvalue weighted by Gasteiger charge is 2.39. The predicted octanol–water partition coefficient (Wildman–Crippen LogP) is 1.67. The lowest BCUT2D eigenvalue weighted by atomic mass is 9.94. The van der Waals surface area contributed by atoms with E-state index in [2.05, 4.69) is 0 Å². The van der Waals surface area contributed by atoms with Crippen molar-refractivity contribution in [2.24, 2.45) is 5.92 Å². The van der Waals surface area contributed by atoms with Gasteiger partial charge in [-0.25, -0.2) is 8.78 Å². The Bertz CT molecular complexity index is 691. The molecule has 0 radical (unpaired) electrons. The molecule has 8 heteroatoms. The quantitative estimate of drug-likeness (QED) is 0.821. The predicted molar refractivity (Wildman–Crippen MR) is 87.5 cm³/mol. The molecule has 3 aliphatic rings. The first-order valence-electron chi connectivity index (χ1n) is 8.13. The molecule has 2 atom stereocenters. The summed E-state index contributed by atoms with van der Waals surface area (Å²) in [5.41, 5.74) is 0.0621. The maximum atomic E-state index is 13.9. The number of hydrogen-bond donors (Lipinski definition) is 0. The highest BCUT2D eigenvalue weighted by molar-refractivity contribution is 7.86. The van der Waals surface area contributed by atoms with Crippen LogP contribution in [0.4, 0.5) is 8.78 Å². The Hall–Kier alpha value is -1.09. The van der Waals surface area contributed by atoms with Crippen LogP contribution in [0.15, 0.2) is 18.2 Å². The molecule has 4 rings (SSSR count). The van der Waals surface area contributed by atoms with Gasteiger partial charge in [-0.3, -0.25) is 4.90 Å². The molecule has 0 unspecified atom stereocenters. The maximum absolute atomic E-state index is 13.9. The van der Waals surface area contributed by atoms with Gasteiger partial charge in [0.25, 0.3) is 10.2 Å². The Morgan fingerprint density at radius 1 is 1.12 bits per heavy atom. The second-order valence-corrected chi connectivity index (χ2v) is 8.98. The maximum Gasteiger partial charge on any atom is 0.281 e. The van der Waals surface area contributed by atoms with Crippen LogP contribution in [0.1, 0.15) is 18.4 Å². The van der Waals surface area contributed by atoms with Crippen LogP contribution >= 0.6 is 0 Å². The molecule has 24 heavy (non-hydrogen) atoms. The van der Waals surface area contributed by atoms with Crippen molar-refractivity contribution in [1.82, 2.24) is 13.5 Å². The number of benzene rings is 1. The van der Waals surface area contributed by atoms with Gasteiger partial charge in [0, 0.05) is 51.9 Å². The average Bonchev–Trinajstić information content (AvgIpc) is 2.83. The summed E-state index contributed by atoms with van der Waals surface area (Å²) in [5, 5.41) is 0. The molecular formula is C16H23F2N3O2S. The molecule has 3 saturated heterocycles. The molecule has 0 aliphatic carbocycles. The van der Waals surface area contributed by atoms with Crippen LogP contribution in [-0.2, 0) is 16.8 Å².